The lowest BCUT2D eigenvalue weighted by Gasteiger charge is -2.11. The standard InChI is InChI=1S/C17H15N3O3/c1-19-17(22)20-13-8-3-2-6-11(13)12-7-4-5-10-9-14(16(18)21)23-15(10)12/h2-9H,1H3,(H2,18,21)(H2,19,20,22). The zero-order valence-corrected chi connectivity index (χ0v) is 12.4. The third-order valence-electron chi connectivity index (χ3n) is 3.48. The number of carbonyl (C=O) groups excluding carboxylic acids is 2. The number of nitrogens with one attached hydrogen (secondary N) is 2. The number of para-hydroxylation sites is 2. The van der Waals surface area contributed by atoms with Crippen molar-refractivity contribution in [2.75, 3.05) is 12.4 Å². The maximum absolute atomic E-state index is 11.6. The number of benzene rings is 2. The van der Waals surface area contributed by atoms with Crippen LogP contribution in [0, 0.1) is 0 Å². The van der Waals surface area contributed by atoms with Crippen molar-refractivity contribution >= 4 is 28.6 Å². The molecule has 6 nitrogen and oxygen atoms in total. The first-order valence-electron chi connectivity index (χ1n) is 7.00. The number of nitrogens with two attached hydrogens (primary N) is 1. The molecule has 0 bridgehead atoms. The maximum Gasteiger partial charge on any atom is 0.318 e. The third kappa shape index (κ3) is 2.74. The summed E-state index contributed by atoms with van der Waals surface area (Å²) in [7, 11) is 1.55. The van der Waals surface area contributed by atoms with Crippen LogP contribution in [-0.4, -0.2) is 19.0 Å². The maximum atomic E-state index is 11.6. The predicted molar refractivity (Wildman–Crippen MR) is 88.2 cm³/mol. The van der Waals surface area contributed by atoms with Gasteiger partial charge in [0.05, 0.1) is 5.69 Å². The number of urea groups is 1. The van der Waals surface area contributed by atoms with Gasteiger partial charge in [0.1, 0.15) is 5.58 Å². The van der Waals surface area contributed by atoms with Crippen LogP contribution in [0.4, 0.5) is 10.5 Å². The van der Waals surface area contributed by atoms with Crippen molar-refractivity contribution in [2.45, 2.75) is 0 Å². The van der Waals surface area contributed by atoms with Crippen molar-refractivity contribution < 1.29 is 14.0 Å². The number of rotatable bonds is 3. The fraction of sp³-hybridized carbons (Fsp3) is 0.0588. The van der Waals surface area contributed by atoms with Crippen LogP contribution in [0.25, 0.3) is 22.1 Å². The number of anilines is 1. The van der Waals surface area contributed by atoms with E-state index in [1.54, 1.807) is 19.2 Å². The van der Waals surface area contributed by atoms with Crippen molar-refractivity contribution in [1.82, 2.24) is 5.32 Å². The minimum atomic E-state index is -0.621. The highest BCUT2D eigenvalue weighted by atomic mass is 16.3. The summed E-state index contributed by atoms with van der Waals surface area (Å²) in [6.45, 7) is 0. The molecule has 0 aliphatic carbocycles. The molecule has 1 heterocycles. The fourth-order valence-corrected chi connectivity index (χ4v) is 2.41. The van der Waals surface area contributed by atoms with E-state index in [2.05, 4.69) is 10.6 Å². The molecule has 4 N–H and O–H groups in total. The number of furan rings is 1. The zero-order valence-electron chi connectivity index (χ0n) is 12.4. The highest BCUT2D eigenvalue weighted by Crippen LogP contribution is 2.35. The van der Waals surface area contributed by atoms with Gasteiger partial charge in [-0.25, -0.2) is 4.79 Å². The Hall–Kier alpha value is -3.28. The summed E-state index contributed by atoms with van der Waals surface area (Å²) in [5, 5.41) is 6.05. The van der Waals surface area contributed by atoms with Crippen LogP contribution in [0.1, 0.15) is 10.6 Å². The van der Waals surface area contributed by atoms with Gasteiger partial charge in [0, 0.05) is 23.6 Å². The monoisotopic (exact) mass is 309 g/mol. The van der Waals surface area contributed by atoms with Crippen molar-refractivity contribution in [3.63, 3.8) is 0 Å². The van der Waals surface area contributed by atoms with Crippen molar-refractivity contribution in [2.24, 2.45) is 5.73 Å². The molecule has 3 rings (SSSR count). The van der Waals surface area contributed by atoms with Gasteiger partial charge in [-0.1, -0.05) is 36.4 Å². The number of fused-ring (bicyclic) bond motifs is 1. The van der Waals surface area contributed by atoms with Gasteiger partial charge < -0.3 is 20.8 Å². The topological polar surface area (TPSA) is 97.4 Å². The summed E-state index contributed by atoms with van der Waals surface area (Å²) in [5.74, 6) is -0.520. The van der Waals surface area contributed by atoms with Crippen LogP contribution in [0.2, 0.25) is 0 Å². The summed E-state index contributed by atoms with van der Waals surface area (Å²) in [6.07, 6.45) is 0. The van der Waals surface area contributed by atoms with E-state index in [4.69, 9.17) is 10.2 Å². The Morgan fingerprint density at radius 1 is 1.04 bits per heavy atom. The predicted octanol–water partition coefficient (Wildman–Crippen LogP) is 2.95. The van der Waals surface area contributed by atoms with Crippen LogP contribution in [0.3, 0.4) is 0 Å². The molecule has 0 atom stereocenters. The van der Waals surface area contributed by atoms with E-state index in [0.717, 1.165) is 16.5 Å². The number of carbonyl (C=O) groups is 2. The molecule has 116 valence electrons. The van der Waals surface area contributed by atoms with Gasteiger partial charge in [0.25, 0.3) is 5.91 Å². The van der Waals surface area contributed by atoms with E-state index in [9.17, 15) is 9.59 Å². The molecule has 0 unspecified atom stereocenters. The largest absolute Gasteiger partial charge is 0.450 e. The lowest BCUT2D eigenvalue weighted by atomic mass is 10.0. The molecule has 2 aromatic carbocycles. The van der Waals surface area contributed by atoms with E-state index in [1.165, 1.54) is 0 Å². The van der Waals surface area contributed by atoms with E-state index >= 15 is 0 Å². The van der Waals surface area contributed by atoms with E-state index in [-0.39, 0.29) is 11.8 Å². The molecule has 0 saturated heterocycles. The second-order valence-corrected chi connectivity index (χ2v) is 4.95. The van der Waals surface area contributed by atoms with E-state index in [1.807, 2.05) is 36.4 Å². The Balaban J connectivity index is 2.17. The Bertz CT molecular complexity index is 899. The van der Waals surface area contributed by atoms with Gasteiger partial charge in [-0.3, -0.25) is 4.79 Å². The first kappa shape index (κ1) is 14.6. The second kappa shape index (κ2) is 5.84. The molecule has 0 spiro atoms. The summed E-state index contributed by atoms with van der Waals surface area (Å²) in [6, 6.07) is 14.2. The normalized spacial score (nSPS) is 10.5. The fourth-order valence-electron chi connectivity index (χ4n) is 2.41. The highest BCUT2D eigenvalue weighted by molar-refractivity contribution is 6.02. The van der Waals surface area contributed by atoms with Gasteiger partial charge in [-0.2, -0.15) is 0 Å². The molecule has 0 fully saturated rings. The van der Waals surface area contributed by atoms with Gasteiger partial charge in [-0.15, -0.1) is 0 Å². The van der Waals surface area contributed by atoms with Gasteiger partial charge in [-0.05, 0) is 12.1 Å². The van der Waals surface area contributed by atoms with Gasteiger partial charge >= 0.3 is 6.03 Å². The molecular formula is C17H15N3O3. The molecule has 3 aromatic rings. The summed E-state index contributed by atoms with van der Waals surface area (Å²) in [5.41, 5.74) is 8.02. The Morgan fingerprint density at radius 2 is 1.78 bits per heavy atom. The summed E-state index contributed by atoms with van der Waals surface area (Å²) in [4.78, 5) is 22.9. The van der Waals surface area contributed by atoms with Crippen molar-refractivity contribution in [3.05, 3.63) is 54.3 Å². The SMILES string of the molecule is CNC(=O)Nc1ccccc1-c1cccc2cc(C(N)=O)oc12. The Labute approximate surface area is 132 Å². The zero-order chi connectivity index (χ0) is 16.4. The molecule has 3 amide bonds. The number of primary amides is 1. The molecular weight excluding hydrogens is 294 g/mol. The van der Waals surface area contributed by atoms with Crippen molar-refractivity contribution in [3.8, 4) is 11.1 Å². The van der Waals surface area contributed by atoms with Crippen LogP contribution in [0.5, 0.6) is 0 Å². The molecule has 23 heavy (non-hydrogen) atoms. The van der Waals surface area contributed by atoms with Crippen LogP contribution in [0.15, 0.2) is 52.9 Å². The minimum absolute atomic E-state index is 0.101. The van der Waals surface area contributed by atoms with Crippen molar-refractivity contribution in [1.29, 1.82) is 0 Å². The van der Waals surface area contributed by atoms with E-state index in [0.29, 0.717) is 11.3 Å². The van der Waals surface area contributed by atoms with Gasteiger partial charge in [0.2, 0.25) is 0 Å². The number of hydrogen-bond donors (Lipinski definition) is 3. The Kier molecular flexibility index (Phi) is 3.72. The van der Waals surface area contributed by atoms with Gasteiger partial charge in [0.15, 0.2) is 5.76 Å². The minimum Gasteiger partial charge on any atom is -0.450 e. The number of amides is 3. The molecule has 0 aliphatic heterocycles. The summed E-state index contributed by atoms with van der Waals surface area (Å²) < 4.78 is 5.60. The van der Waals surface area contributed by atoms with E-state index < -0.39 is 5.91 Å². The molecule has 0 saturated carbocycles. The molecule has 6 heteroatoms. The lowest BCUT2D eigenvalue weighted by Crippen LogP contribution is -2.24. The molecule has 0 aliphatic rings. The van der Waals surface area contributed by atoms with Crippen LogP contribution in [-0.2, 0) is 0 Å². The molecule has 1 aromatic heterocycles. The first-order valence-corrected chi connectivity index (χ1v) is 7.00. The highest BCUT2D eigenvalue weighted by Gasteiger charge is 2.15. The number of hydrogen-bond acceptors (Lipinski definition) is 3. The lowest BCUT2D eigenvalue weighted by molar-refractivity contribution is 0.0976. The quantitative estimate of drug-likeness (QED) is 0.693. The average molecular weight is 309 g/mol. The van der Waals surface area contributed by atoms with Crippen LogP contribution < -0.4 is 16.4 Å². The van der Waals surface area contributed by atoms with Crippen LogP contribution >= 0.6 is 0 Å². The average Bonchev–Trinajstić information content (AvgIpc) is 3.00. The Morgan fingerprint density at radius 3 is 2.52 bits per heavy atom. The molecule has 0 radical (unpaired) electrons. The first-order chi connectivity index (χ1) is 11.1. The third-order valence-corrected chi connectivity index (χ3v) is 3.48. The summed E-state index contributed by atoms with van der Waals surface area (Å²) >= 11 is 0. The smallest absolute Gasteiger partial charge is 0.318 e. The second-order valence-electron chi connectivity index (χ2n) is 4.95.